The second-order valence-corrected chi connectivity index (χ2v) is 11.2. The van der Waals surface area contributed by atoms with Gasteiger partial charge in [-0.1, -0.05) is 23.7 Å². The highest BCUT2D eigenvalue weighted by atomic mass is 35.5. The van der Waals surface area contributed by atoms with E-state index in [0.29, 0.717) is 29.7 Å². The summed E-state index contributed by atoms with van der Waals surface area (Å²) in [4.78, 5) is 8.48. The molecule has 1 aromatic carbocycles. The third kappa shape index (κ3) is 4.09. The van der Waals surface area contributed by atoms with E-state index in [0.717, 1.165) is 12.8 Å². The number of hydrogen-bond acceptors (Lipinski definition) is 5. The normalized spacial score (nSPS) is 17.6. The highest BCUT2D eigenvalue weighted by Crippen LogP contribution is 2.40. The first-order valence-corrected chi connectivity index (χ1v) is 12.6. The summed E-state index contributed by atoms with van der Waals surface area (Å²) in [6.07, 6.45) is -1.01. The Labute approximate surface area is 178 Å². The van der Waals surface area contributed by atoms with Crippen LogP contribution in [0.3, 0.4) is 0 Å². The van der Waals surface area contributed by atoms with E-state index in [1.54, 1.807) is 37.6 Å². The summed E-state index contributed by atoms with van der Waals surface area (Å²) in [5, 5.41) is 3.97. The number of anilines is 2. The zero-order chi connectivity index (χ0) is 21.5. The number of halogens is 3. The molecule has 1 aliphatic rings. The van der Waals surface area contributed by atoms with E-state index >= 15 is 0 Å². The topological polar surface area (TPSA) is 69.0 Å². The molecule has 1 saturated heterocycles. The van der Waals surface area contributed by atoms with Gasteiger partial charge in [0.1, 0.15) is 24.0 Å². The van der Waals surface area contributed by atoms with Crippen LogP contribution in [0, 0.1) is 0 Å². The molecule has 0 spiro atoms. The molecule has 0 saturated carbocycles. The van der Waals surface area contributed by atoms with Gasteiger partial charge in [0.05, 0.1) is 5.69 Å². The van der Waals surface area contributed by atoms with Crippen molar-refractivity contribution in [2.75, 3.05) is 25.3 Å². The standard InChI is InChI=1S/C20H22ClF2N4O2P/c1-30(2,28)14-8-4-3-7-12(14)24-13-11-15(21)25-19-17(13)26-20(18(22)23)27(19)16-9-5-6-10-29-16/h3-4,7-8,11,16,18H,5-6,9-10H2,1-2H3,(H,24,25). The molecule has 1 N–H and O–H groups in total. The number of alkyl halides is 2. The largest absolute Gasteiger partial charge is 0.358 e. The van der Waals surface area contributed by atoms with Gasteiger partial charge in [0.2, 0.25) is 0 Å². The summed E-state index contributed by atoms with van der Waals surface area (Å²) >= 11 is 6.24. The van der Waals surface area contributed by atoms with Crippen LogP contribution in [0.4, 0.5) is 20.2 Å². The molecule has 0 aliphatic carbocycles. The van der Waals surface area contributed by atoms with Crippen LogP contribution >= 0.6 is 18.7 Å². The Balaban J connectivity index is 1.87. The van der Waals surface area contributed by atoms with Crippen LogP contribution in [0.5, 0.6) is 0 Å². The minimum absolute atomic E-state index is 0.136. The molecule has 1 unspecified atom stereocenters. The van der Waals surface area contributed by atoms with E-state index in [2.05, 4.69) is 15.3 Å². The smallest absolute Gasteiger partial charge is 0.295 e. The molecule has 1 atom stereocenters. The summed E-state index contributed by atoms with van der Waals surface area (Å²) in [7, 11) is -2.58. The molecule has 1 fully saturated rings. The zero-order valence-electron chi connectivity index (χ0n) is 16.6. The van der Waals surface area contributed by atoms with Crippen LogP contribution in [0.1, 0.15) is 37.7 Å². The maximum atomic E-state index is 13.8. The van der Waals surface area contributed by atoms with E-state index in [4.69, 9.17) is 16.3 Å². The maximum absolute atomic E-state index is 13.8. The lowest BCUT2D eigenvalue weighted by molar-refractivity contribution is -0.0363. The predicted molar refractivity (Wildman–Crippen MR) is 115 cm³/mol. The lowest BCUT2D eigenvalue weighted by Gasteiger charge is -2.25. The lowest BCUT2D eigenvalue weighted by Crippen LogP contribution is -2.20. The molecule has 2 aromatic heterocycles. The van der Waals surface area contributed by atoms with E-state index in [1.807, 2.05) is 0 Å². The molecule has 3 heterocycles. The van der Waals surface area contributed by atoms with E-state index < -0.39 is 25.6 Å². The fourth-order valence-electron chi connectivity index (χ4n) is 3.70. The van der Waals surface area contributed by atoms with Crippen LogP contribution < -0.4 is 10.6 Å². The van der Waals surface area contributed by atoms with Crippen molar-refractivity contribution < 1.29 is 18.1 Å². The van der Waals surface area contributed by atoms with Crippen LogP contribution in [-0.4, -0.2) is 34.5 Å². The van der Waals surface area contributed by atoms with Crippen LogP contribution in [0.15, 0.2) is 30.3 Å². The van der Waals surface area contributed by atoms with Gasteiger partial charge in [-0.05, 0) is 44.7 Å². The summed E-state index contributed by atoms with van der Waals surface area (Å²) in [5.41, 5.74) is 1.53. The van der Waals surface area contributed by atoms with Crippen molar-refractivity contribution in [1.82, 2.24) is 14.5 Å². The van der Waals surface area contributed by atoms with Gasteiger partial charge in [0.25, 0.3) is 6.43 Å². The molecule has 0 radical (unpaired) electrons. The van der Waals surface area contributed by atoms with Gasteiger partial charge >= 0.3 is 0 Å². The molecule has 10 heteroatoms. The summed E-state index contributed by atoms with van der Waals surface area (Å²) in [6, 6.07) is 8.71. The molecule has 0 bridgehead atoms. The van der Waals surface area contributed by atoms with E-state index in [-0.39, 0.29) is 16.3 Å². The highest BCUT2D eigenvalue weighted by molar-refractivity contribution is 7.70. The number of rotatable bonds is 5. The SMILES string of the molecule is CP(C)(=O)c1ccccc1Nc1cc(Cl)nc2c1nc(C(F)F)n2C1CCCCO1. The molecule has 30 heavy (non-hydrogen) atoms. The van der Waals surface area contributed by atoms with Gasteiger partial charge in [0.15, 0.2) is 11.5 Å². The fraction of sp³-hybridized carbons (Fsp3) is 0.400. The second kappa shape index (κ2) is 8.25. The molecular formula is C20H22ClF2N4O2P. The molecule has 1 aliphatic heterocycles. The van der Waals surface area contributed by atoms with Crippen LogP contribution in [0.25, 0.3) is 11.2 Å². The number of nitrogens with one attached hydrogen (secondary N) is 1. The van der Waals surface area contributed by atoms with Crippen molar-refractivity contribution >= 4 is 46.6 Å². The van der Waals surface area contributed by atoms with Crippen LogP contribution in [0.2, 0.25) is 5.15 Å². The minimum atomic E-state index is -2.80. The predicted octanol–water partition coefficient (Wildman–Crippen LogP) is 5.71. The Morgan fingerprint density at radius 2 is 2.00 bits per heavy atom. The first-order valence-electron chi connectivity index (χ1n) is 9.65. The Hall–Kier alpha value is -2.02. The van der Waals surface area contributed by atoms with Gasteiger partial charge < -0.3 is 14.6 Å². The number of imidazole rings is 1. The molecule has 4 rings (SSSR count). The summed E-state index contributed by atoms with van der Waals surface area (Å²) in [6.45, 7) is 3.84. The van der Waals surface area contributed by atoms with Gasteiger partial charge in [-0.2, -0.15) is 0 Å². The van der Waals surface area contributed by atoms with Crippen molar-refractivity contribution in [1.29, 1.82) is 0 Å². The third-order valence-electron chi connectivity index (χ3n) is 5.04. The second-order valence-electron chi connectivity index (χ2n) is 7.62. The number of pyridine rings is 1. The van der Waals surface area contributed by atoms with Gasteiger partial charge in [0, 0.05) is 23.7 Å². The van der Waals surface area contributed by atoms with Crippen molar-refractivity contribution in [3.8, 4) is 0 Å². The summed E-state index contributed by atoms with van der Waals surface area (Å²) in [5.74, 6) is -0.403. The van der Waals surface area contributed by atoms with Crippen molar-refractivity contribution in [2.24, 2.45) is 0 Å². The number of aromatic nitrogens is 3. The molecule has 160 valence electrons. The Morgan fingerprint density at radius 1 is 1.23 bits per heavy atom. The number of ether oxygens (including phenoxy) is 1. The summed E-state index contributed by atoms with van der Waals surface area (Å²) < 4.78 is 47.5. The fourth-order valence-corrected chi connectivity index (χ4v) is 5.05. The number of para-hydroxylation sites is 1. The van der Waals surface area contributed by atoms with Crippen molar-refractivity contribution in [2.45, 2.75) is 31.9 Å². The van der Waals surface area contributed by atoms with E-state index in [1.165, 1.54) is 10.6 Å². The Bertz CT molecular complexity index is 1130. The number of benzene rings is 1. The highest BCUT2D eigenvalue weighted by Gasteiger charge is 2.29. The number of hydrogen-bond donors (Lipinski definition) is 1. The molecular weight excluding hydrogens is 433 g/mol. The van der Waals surface area contributed by atoms with Crippen molar-refractivity contribution in [3.63, 3.8) is 0 Å². The first-order chi connectivity index (χ1) is 14.3. The molecule has 3 aromatic rings. The van der Waals surface area contributed by atoms with Gasteiger partial charge in [-0.25, -0.2) is 18.7 Å². The first kappa shape index (κ1) is 21.2. The zero-order valence-corrected chi connectivity index (χ0v) is 18.3. The molecule has 0 amide bonds. The maximum Gasteiger partial charge on any atom is 0.295 e. The Morgan fingerprint density at radius 3 is 2.67 bits per heavy atom. The average Bonchev–Trinajstić information content (AvgIpc) is 3.08. The van der Waals surface area contributed by atoms with Gasteiger partial charge in [-0.3, -0.25) is 4.57 Å². The quantitative estimate of drug-likeness (QED) is 0.395. The monoisotopic (exact) mass is 454 g/mol. The third-order valence-corrected chi connectivity index (χ3v) is 6.78. The average molecular weight is 455 g/mol. The van der Waals surface area contributed by atoms with Gasteiger partial charge in [-0.15, -0.1) is 0 Å². The Kier molecular flexibility index (Phi) is 5.84. The van der Waals surface area contributed by atoms with Crippen LogP contribution in [-0.2, 0) is 9.30 Å². The minimum Gasteiger partial charge on any atom is -0.358 e. The lowest BCUT2D eigenvalue weighted by atomic mass is 10.2. The number of nitrogens with zero attached hydrogens (tertiary/aromatic N) is 3. The van der Waals surface area contributed by atoms with E-state index in [9.17, 15) is 13.3 Å². The molecule has 6 nitrogen and oxygen atoms in total. The number of fused-ring (bicyclic) bond motifs is 1. The van der Waals surface area contributed by atoms with Crippen molar-refractivity contribution in [3.05, 3.63) is 41.3 Å².